The van der Waals surface area contributed by atoms with Gasteiger partial charge in [-0.3, -0.25) is 14.5 Å². The van der Waals surface area contributed by atoms with Crippen LogP contribution in [0.25, 0.3) is 0 Å². The number of aryl methyl sites for hydroxylation is 1. The van der Waals surface area contributed by atoms with Crippen LogP contribution in [0.3, 0.4) is 0 Å². The topological polar surface area (TPSA) is 51.0 Å². The fourth-order valence-corrected chi connectivity index (χ4v) is 2.61. The standard InChI is InChI=1S/C19H28N4O/c1-18(2,3)16-15(13-22(7)21-16)17(24)23(19(4,5)6)12-14-10-8-9-11-20-14/h8-11,13H,12H2,1-7H3. The van der Waals surface area contributed by atoms with E-state index >= 15 is 0 Å². The summed E-state index contributed by atoms with van der Waals surface area (Å²) in [6.07, 6.45) is 3.57. The summed E-state index contributed by atoms with van der Waals surface area (Å²) in [5.74, 6) is -0.00817. The second-order valence-electron chi connectivity index (χ2n) is 8.20. The van der Waals surface area contributed by atoms with E-state index in [1.165, 1.54) is 0 Å². The Hall–Kier alpha value is -2.17. The first-order valence-corrected chi connectivity index (χ1v) is 8.26. The third kappa shape index (κ3) is 4.02. The zero-order valence-corrected chi connectivity index (χ0v) is 15.8. The maximum Gasteiger partial charge on any atom is 0.258 e. The van der Waals surface area contributed by atoms with Crippen molar-refractivity contribution in [2.75, 3.05) is 0 Å². The number of carbonyl (C=O) groups excluding carboxylic acids is 1. The van der Waals surface area contributed by atoms with Crippen LogP contribution in [-0.4, -0.2) is 31.1 Å². The molecule has 0 bridgehead atoms. The molecule has 5 nitrogen and oxygen atoms in total. The van der Waals surface area contributed by atoms with Crippen molar-refractivity contribution in [3.05, 3.63) is 47.5 Å². The Morgan fingerprint density at radius 1 is 1.17 bits per heavy atom. The van der Waals surface area contributed by atoms with Gasteiger partial charge in [0, 0.05) is 30.4 Å². The molecule has 2 aromatic rings. The summed E-state index contributed by atoms with van der Waals surface area (Å²) >= 11 is 0. The first kappa shape index (κ1) is 18.2. The van der Waals surface area contributed by atoms with Gasteiger partial charge in [0.05, 0.1) is 23.5 Å². The van der Waals surface area contributed by atoms with Gasteiger partial charge in [0.2, 0.25) is 0 Å². The first-order valence-electron chi connectivity index (χ1n) is 8.26. The van der Waals surface area contributed by atoms with Gasteiger partial charge in [-0.15, -0.1) is 0 Å². The Morgan fingerprint density at radius 3 is 2.33 bits per heavy atom. The van der Waals surface area contributed by atoms with Gasteiger partial charge in [0.25, 0.3) is 5.91 Å². The van der Waals surface area contributed by atoms with Crippen LogP contribution in [0, 0.1) is 0 Å². The summed E-state index contributed by atoms with van der Waals surface area (Å²) in [5.41, 5.74) is 1.85. The molecule has 0 spiro atoms. The zero-order chi connectivity index (χ0) is 18.1. The lowest BCUT2D eigenvalue weighted by Crippen LogP contribution is -2.45. The predicted molar refractivity (Wildman–Crippen MR) is 95.8 cm³/mol. The number of pyridine rings is 1. The molecule has 2 heterocycles. The smallest absolute Gasteiger partial charge is 0.258 e. The lowest BCUT2D eigenvalue weighted by molar-refractivity contribution is 0.0552. The van der Waals surface area contributed by atoms with E-state index in [0.717, 1.165) is 11.4 Å². The molecule has 130 valence electrons. The van der Waals surface area contributed by atoms with Crippen LogP contribution in [0.5, 0.6) is 0 Å². The molecule has 0 aromatic carbocycles. The van der Waals surface area contributed by atoms with Crippen molar-refractivity contribution in [2.45, 2.75) is 59.0 Å². The van der Waals surface area contributed by atoms with Crippen LogP contribution in [0.15, 0.2) is 30.6 Å². The van der Waals surface area contributed by atoms with Crippen molar-refractivity contribution in [3.8, 4) is 0 Å². The Balaban J connectivity index is 2.43. The average Bonchev–Trinajstić information content (AvgIpc) is 2.86. The number of hydrogen-bond acceptors (Lipinski definition) is 3. The molecule has 0 fully saturated rings. The molecule has 0 saturated carbocycles. The molecule has 0 radical (unpaired) electrons. The van der Waals surface area contributed by atoms with E-state index in [1.807, 2.05) is 57.1 Å². The van der Waals surface area contributed by atoms with Crippen LogP contribution >= 0.6 is 0 Å². The van der Waals surface area contributed by atoms with Gasteiger partial charge in [-0.2, -0.15) is 5.10 Å². The normalized spacial score (nSPS) is 12.3. The Morgan fingerprint density at radius 2 is 1.83 bits per heavy atom. The summed E-state index contributed by atoms with van der Waals surface area (Å²) in [4.78, 5) is 19.6. The minimum absolute atomic E-state index is 0.00817. The van der Waals surface area contributed by atoms with Crippen LogP contribution in [0.2, 0.25) is 0 Å². The number of aromatic nitrogens is 3. The van der Waals surface area contributed by atoms with Crippen molar-refractivity contribution in [2.24, 2.45) is 7.05 Å². The van der Waals surface area contributed by atoms with Gasteiger partial charge < -0.3 is 4.90 Å². The molecule has 0 aliphatic heterocycles. The predicted octanol–water partition coefficient (Wildman–Crippen LogP) is 3.55. The molecule has 2 rings (SSSR count). The van der Waals surface area contributed by atoms with Crippen molar-refractivity contribution in [1.29, 1.82) is 0 Å². The second kappa shape index (κ2) is 6.38. The lowest BCUT2D eigenvalue weighted by atomic mass is 9.89. The van der Waals surface area contributed by atoms with Crippen LogP contribution < -0.4 is 0 Å². The molecule has 0 saturated heterocycles. The van der Waals surface area contributed by atoms with E-state index in [9.17, 15) is 4.79 Å². The van der Waals surface area contributed by atoms with E-state index < -0.39 is 0 Å². The molecule has 1 amide bonds. The fraction of sp³-hybridized carbons (Fsp3) is 0.526. The highest BCUT2D eigenvalue weighted by atomic mass is 16.2. The Kier molecular flexibility index (Phi) is 4.83. The summed E-state index contributed by atoms with van der Waals surface area (Å²) in [7, 11) is 1.85. The molecule has 24 heavy (non-hydrogen) atoms. The average molecular weight is 328 g/mol. The van der Waals surface area contributed by atoms with Gasteiger partial charge in [-0.1, -0.05) is 26.8 Å². The number of amides is 1. The van der Waals surface area contributed by atoms with Crippen molar-refractivity contribution in [1.82, 2.24) is 19.7 Å². The van der Waals surface area contributed by atoms with Gasteiger partial charge in [-0.25, -0.2) is 0 Å². The van der Waals surface area contributed by atoms with Crippen molar-refractivity contribution < 1.29 is 4.79 Å². The largest absolute Gasteiger partial charge is 0.328 e. The molecule has 0 unspecified atom stereocenters. The van der Waals surface area contributed by atoms with Gasteiger partial charge in [0.1, 0.15) is 0 Å². The van der Waals surface area contributed by atoms with Crippen LogP contribution in [0.1, 0.15) is 63.3 Å². The Bertz CT molecular complexity index is 705. The summed E-state index contributed by atoms with van der Waals surface area (Å²) in [5, 5.41) is 4.53. The molecular weight excluding hydrogens is 300 g/mol. The number of nitrogens with zero attached hydrogens (tertiary/aromatic N) is 4. The van der Waals surface area contributed by atoms with Crippen molar-refractivity contribution >= 4 is 5.91 Å². The van der Waals surface area contributed by atoms with Crippen molar-refractivity contribution in [3.63, 3.8) is 0 Å². The summed E-state index contributed by atoms with van der Waals surface area (Å²) in [6.45, 7) is 12.8. The van der Waals surface area contributed by atoms with E-state index in [4.69, 9.17) is 0 Å². The van der Waals surface area contributed by atoms with Crippen LogP contribution in [0.4, 0.5) is 0 Å². The highest BCUT2D eigenvalue weighted by molar-refractivity contribution is 5.95. The molecule has 5 heteroatoms. The highest BCUT2D eigenvalue weighted by Crippen LogP contribution is 2.28. The minimum Gasteiger partial charge on any atom is -0.328 e. The maximum atomic E-state index is 13.3. The molecular formula is C19H28N4O. The van der Waals surface area contributed by atoms with E-state index in [-0.39, 0.29) is 16.9 Å². The summed E-state index contributed by atoms with van der Waals surface area (Å²) in [6, 6.07) is 5.77. The molecule has 0 aliphatic rings. The highest BCUT2D eigenvalue weighted by Gasteiger charge is 2.33. The molecule has 0 N–H and O–H groups in total. The van der Waals surface area contributed by atoms with E-state index in [1.54, 1.807) is 10.9 Å². The second-order valence-corrected chi connectivity index (χ2v) is 8.20. The molecule has 0 aliphatic carbocycles. The Labute approximate surface area is 144 Å². The molecule has 2 aromatic heterocycles. The van der Waals surface area contributed by atoms with Crippen LogP contribution in [-0.2, 0) is 19.0 Å². The minimum atomic E-state index is -0.320. The fourth-order valence-electron chi connectivity index (χ4n) is 2.61. The van der Waals surface area contributed by atoms with E-state index in [2.05, 4.69) is 30.9 Å². The maximum absolute atomic E-state index is 13.3. The third-order valence-electron chi connectivity index (χ3n) is 3.87. The molecule has 0 atom stereocenters. The monoisotopic (exact) mass is 328 g/mol. The SMILES string of the molecule is Cn1cc(C(=O)N(Cc2ccccn2)C(C)(C)C)c(C(C)(C)C)n1. The number of carbonyl (C=O) groups is 1. The van der Waals surface area contributed by atoms with Gasteiger partial charge in [0.15, 0.2) is 0 Å². The number of rotatable bonds is 3. The van der Waals surface area contributed by atoms with Gasteiger partial charge >= 0.3 is 0 Å². The lowest BCUT2D eigenvalue weighted by Gasteiger charge is -2.36. The quantitative estimate of drug-likeness (QED) is 0.866. The third-order valence-corrected chi connectivity index (χ3v) is 3.87. The summed E-state index contributed by atoms with van der Waals surface area (Å²) < 4.78 is 1.72. The zero-order valence-electron chi connectivity index (χ0n) is 15.8. The first-order chi connectivity index (χ1) is 11.0. The van der Waals surface area contributed by atoms with Gasteiger partial charge in [-0.05, 0) is 32.9 Å². The number of hydrogen-bond donors (Lipinski definition) is 0. The van der Waals surface area contributed by atoms with E-state index in [0.29, 0.717) is 12.1 Å².